The minimum absolute atomic E-state index is 0.0597. The van der Waals surface area contributed by atoms with E-state index in [4.69, 9.17) is 0 Å². The molecule has 10 heteroatoms. The Labute approximate surface area is 154 Å². The Morgan fingerprint density at radius 1 is 1.27 bits per heavy atom. The van der Waals surface area contributed by atoms with Gasteiger partial charge in [-0.15, -0.1) is 21.5 Å². The molecule has 0 bridgehead atoms. The van der Waals surface area contributed by atoms with E-state index < -0.39 is 11.7 Å². The topological polar surface area (TPSA) is 50.5 Å². The predicted octanol–water partition coefficient (Wildman–Crippen LogP) is 3.49. The highest BCUT2D eigenvalue weighted by atomic mass is 32.2. The number of halogens is 3. The number of nitrogens with zero attached hydrogens (tertiary/aromatic N) is 4. The number of fused-ring (bicyclic) bond motifs is 2. The summed E-state index contributed by atoms with van der Waals surface area (Å²) in [6.45, 7) is 1.24. The third-order valence-corrected chi connectivity index (χ3v) is 6.13. The van der Waals surface area contributed by atoms with Gasteiger partial charge in [-0.2, -0.15) is 13.2 Å². The van der Waals surface area contributed by atoms with Gasteiger partial charge in [-0.25, -0.2) is 0 Å². The van der Waals surface area contributed by atoms with Crippen LogP contribution in [0.5, 0.6) is 0 Å². The maximum Gasteiger partial charge on any atom is 0.417 e. The van der Waals surface area contributed by atoms with Gasteiger partial charge in [0, 0.05) is 24.2 Å². The predicted molar refractivity (Wildman–Crippen MR) is 92.2 cm³/mol. The SMILES string of the molecule is O=C(CSc1nnc2ccc(C(F)(F)F)cn12)N1CCc2sccc2C1. The number of carbonyl (C=O) groups excluding carboxylic acids is 1. The van der Waals surface area contributed by atoms with Gasteiger partial charge in [-0.05, 0) is 35.6 Å². The second-order valence-electron chi connectivity index (χ2n) is 5.85. The van der Waals surface area contributed by atoms with Gasteiger partial charge < -0.3 is 4.90 Å². The van der Waals surface area contributed by atoms with Crippen LogP contribution in [0.15, 0.2) is 34.9 Å². The summed E-state index contributed by atoms with van der Waals surface area (Å²) in [4.78, 5) is 15.5. The zero-order chi connectivity index (χ0) is 18.3. The third-order valence-electron chi connectivity index (χ3n) is 4.18. The molecule has 0 radical (unpaired) electrons. The highest BCUT2D eigenvalue weighted by molar-refractivity contribution is 7.99. The Hall–Kier alpha value is -2.07. The quantitative estimate of drug-likeness (QED) is 0.634. The molecule has 136 valence electrons. The fraction of sp³-hybridized carbons (Fsp3) is 0.312. The largest absolute Gasteiger partial charge is 0.417 e. The van der Waals surface area contributed by atoms with Crippen molar-refractivity contribution in [2.24, 2.45) is 0 Å². The summed E-state index contributed by atoms with van der Waals surface area (Å²) >= 11 is 2.79. The van der Waals surface area contributed by atoms with E-state index in [1.165, 1.54) is 20.9 Å². The highest BCUT2D eigenvalue weighted by Crippen LogP contribution is 2.30. The fourth-order valence-corrected chi connectivity index (χ4v) is 4.52. The Morgan fingerprint density at radius 2 is 2.12 bits per heavy atom. The molecular weight excluding hydrogens is 385 g/mol. The van der Waals surface area contributed by atoms with Crippen LogP contribution in [-0.2, 0) is 23.9 Å². The smallest absolute Gasteiger partial charge is 0.337 e. The lowest BCUT2D eigenvalue weighted by Gasteiger charge is -2.26. The van der Waals surface area contributed by atoms with Gasteiger partial charge in [0.05, 0.1) is 11.3 Å². The maximum absolute atomic E-state index is 12.9. The molecule has 3 aromatic rings. The number of hydrogen-bond donors (Lipinski definition) is 0. The van der Waals surface area contributed by atoms with Gasteiger partial charge in [0.15, 0.2) is 10.8 Å². The van der Waals surface area contributed by atoms with E-state index in [-0.39, 0.29) is 16.8 Å². The molecule has 0 atom stereocenters. The molecule has 5 nitrogen and oxygen atoms in total. The zero-order valence-corrected chi connectivity index (χ0v) is 15.0. The molecule has 4 heterocycles. The molecular formula is C16H13F3N4OS2. The first-order chi connectivity index (χ1) is 12.4. The second kappa shape index (κ2) is 6.58. The van der Waals surface area contributed by atoms with Crippen molar-refractivity contribution in [3.8, 4) is 0 Å². The molecule has 1 aliphatic heterocycles. The number of thioether (sulfide) groups is 1. The zero-order valence-electron chi connectivity index (χ0n) is 13.4. The van der Waals surface area contributed by atoms with Crippen LogP contribution in [0.3, 0.4) is 0 Å². The van der Waals surface area contributed by atoms with E-state index in [1.807, 2.05) is 11.4 Å². The molecule has 1 amide bonds. The second-order valence-corrected chi connectivity index (χ2v) is 7.79. The number of thiophene rings is 1. The van der Waals surface area contributed by atoms with E-state index in [2.05, 4.69) is 10.2 Å². The summed E-state index contributed by atoms with van der Waals surface area (Å²) in [6.07, 6.45) is -2.64. The number of alkyl halides is 3. The Kier molecular flexibility index (Phi) is 4.39. The molecule has 0 spiro atoms. The number of rotatable bonds is 3. The number of carbonyl (C=O) groups is 1. The average Bonchev–Trinajstić information content (AvgIpc) is 3.24. The van der Waals surface area contributed by atoms with Crippen molar-refractivity contribution in [1.82, 2.24) is 19.5 Å². The van der Waals surface area contributed by atoms with Crippen molar-refractivity contribution < 1.29 is 18.0 Å². The molecule has 0 aromatic carbocycles. The standard InChI is InChI=1S/C16H13F3N4OS2/c17-16(18,19)11-1-2-13-20-21-15(23(13)8-11)26-9-14(24)22-5-3-12-10(7-22)4-6-25-12/h1-2,4,6,8H,3,5,7,9H2. The lowest BCUT2D eigenvalue weighted by Crippen LogP contribution is -2.36. The summed E-state index contributed by atoms with van der Waals surface area (Å²) in [5.41, 5.74) is 0.704. The monoisotopic (exact) mass is 398 g/mol. The van der Waals surface area contributed by atoms with Crippen molar-refractivity contribution in [2.75, 3.05) is 12.3 Å². The van der Waals surface area contributed by atoms with Crippen molar-refractivity contribution in [3.05, 3.63) is 45.8 Å². The molecule has 26 heavy (non-hydrogen) atoms. The first kappa shape index (κ1) is 17.3. The highest BCUT2D eigenvalue weighted by Gasteiger charge is 2.31. The summed E-state index contributed by atoms with van der Waals surface area (Å²) in [5.74, 6) is 0.0480. The minimum Gasteiger partial charge on any atom is -0.337 e. The van der Waals surface area contributed by atoms with Gasteiger partial charge in [-0.3, -0.25) is 9.20 Å². The van der Waals surface area contributed by atoms with Gasteiger partial charge in [0.2, 0.25) is 5.91 Å². The van der Waals surface area contributed by atoms with Gasteiger partial charge in [0.25, 0.3) is 0 Å². The minimum atomic E-state index is -4.44. The Morgan fingerprint density at radius 3 is 2.92 bits per heavy atom. The van der Waals surface area contributed by atoms with E-state index in [9.17, 15) is 18.0 Å². The fourth-order valence-electron chi connectivity index (χ4n) is 2.81. The van der Waals surface area contributed by atoms with Gasteiger partial charge in [-0.1, -0.05) is 11.8 Å². The normalized spacial score (nSPS) is 14.7. The maximum atomic E-state index is 12.9. The summed E-state index contributed by atoms with van der Waals surface area (Å²) in [5, 5.41) is 10.1. The summed E-state index contributed by atoms with van der Waals surface area (Å²) in [7, 11) is 0. The van der Waals surface area contributed by atoms with Crippen LogP contribution < -0.4 is 0 Å². The molecule has 0 N–H and O–H groups in total. The molecule has 1 aliphatic rings. The summed E-state index contributed by atoms with van der Waals surface area (Å²) in [6, 6.07) is 4.26. The first-order valence-corrected chi connectivity index (χ1v) is 9.66. The van der Waals surface area contributed by atoms with Gasteiger partial charge >= 0.3 is 6.18 Å². The van der Waals surface area contributed by atoms with E-state index in [1.54, 1.807) is 16.2 Å². The number of hydrogen-bond acceptors (Lipinski definition) is 5. The number of pyridine rings is 1. The summed E-state index contributed by atoms with van der Waals surface area (Å²) < 4.78 is 39.9. The number of amides is 1. The first-order valence-electron chi connectivity index (χ1n) is 7.79. The Balaban J connectivity index is 1.47. The molecule has 0 saturated carbocycles. The van der Waals surface area contributed by atoms with E-state index >= 15 is 0 Å². The van der Waals surface area contributed by atoms with Crippen molar-refractivity contribution in [1.29, 1.82) is 0 Å². The van der Waals surface area contributed by atoms with Crippen LogP contribution >= 0.6 is 23.1 Å². The van der Waals surface area contributed by atoms with E-state index in [0.717, 1.165) is 30.4 Å². The van der Waals surface area contributed by atoms with Crippen LogP contribution in [0.4, 0.5) is 13.2 Å². The molecule has 0 fully saturated rings. The van der Waals surface area contributed by atoms with Crippen LogP contribution in [0, 0.1) is 0 Å². The van der Waals surface area contributed by atoms with Crippen LogP contribution in [0.25, 0.3) is 5.65 Å². The lowest BCUT2D eigenvalue weighted by molar-refractivity contribution is -0.138. The molecule has 4 rings (SSSR count). The van der Waals surface area contributed by atoms with Crippen molar-refractivity contribution >= 4 is 34.7 Å². The molecule has 3 aromatic heterocycles. The van der Waals surface area contributed by atoms with Gasteiger partial charge in [0.1, 0.15) is 0 Å². The molecule has 0 aliphatic carbocycles. The average molecular weight is 398 g/mol. The Bertz CT molecular complexity index is 966. The third kappa shape index (κ3) is 3.30. The molecule has 0 saturated heterocycles. The molecule has 0 unspecified atom stereocenters. The van der Waals surface area contributed by atoms with Crippen LogP contribution in [0.2, 0.25) is 0 Å². The van der Waals surface area contributed by atoms with Crippen LogP contribution in [0.1, 0.15) is 16.0 Å². The van der Waals surface area contributed by atoms with E-state index in [0.29, 0.717) is 18.7 Å². The van der Waals surface area contributed by atoms with Crippen molar-refractivity contribution in [2.45, 2.75) is 24.3 Å². The van der Waals surface area contributed by atoms with Crippen LogP contribution in [-0.4, -0.2) is 37.7 Å². The van der Waals surface area contributed by atoms with Crippen molar-refractivity contribution in [3.63, 3.8) is 0 Å². The number of aromatic nitrogens is 3. The lowest BCUT2D eigenvalue weighted by atomic mass is 10.1.